The van der Waals surface area contributed by atoms with E-state index in [1.807, 2.05) is 13.8 Å². The van der Waals surface area contributed by atoms with Crippen LogP contribution in [0.2, 0.25) is 0 Å². The van der Waals surface area contributed by atoms with Crippen LogP contribution in [-0.2, 0) is 4.79 Å². The van der Waals surface area contributed by atoms with Crippen LogP contribution < -0.4 is 11.1 Å². The van der Waals surface area contributed by atoms with E-state index < -0.39 is 0 Å². The van der Waals surface area contributed by atoms with E-state index in [-0.39, 0.29) is 18.1 Å². The number of aliphatic hydroxyl groups is 1. The van der Waals surface area contributed by atoms with E-state index in [0.29, 0.717) is 25.8 Å². The maximum Gasteiger partial charge on any atom is 0.220 e. The molecular formula is C9H20N2O2. The normalized spacial score (nSPS) is 11.4. The minimum atomic E-state index is -0.319. The third-order valence-electron chi connectivity index (χ3n) is 1.82. The Balaban J connectivity index is 3.75. The summed E-state index contributed by atoms with van der Waals surface area (Å²) in [7, 11) is 0. The van der Waals surface area contributed by atoms with Crippen molar-refractivity contribution in [2.45, 2.75) is 38.6 Å². The lowest BCUT2D eigenvalue weighted by Crippen LogP contribution is -2.44. The molecular weight excluding hydrogens is 168 g/mol. The van der Waals surface area contributed by atoms with Crippen LogP contribution in [0.25, 0.3) is 0 Å². The van der Waals surface area contributed by atoms with Gasteiger partial charge in [0, 0.05) is 18.6 Å². The Bertz CT molecular complexity index is 158. The standard InChI is InChI=1S/C9H20N2O2/c1-9(2,5-7-12)11-8(13)4-3-6-10/h12H,3-7,10H2,1-2H3,(H,11,13). The van der Waals surface area contributed by atoms with Crippen LogP contribution in [0, 0.1) is 0 Å². The molecule has 0 aromatic carbocycles. The highest BCUT2D eigenvalue weighted by Crippen LogP contribution is 2.07. The van der Waals surface area contributed by atoms with Crippen LogP contribution in [0.15, 0.2) is 0 Å². The molecule has 4 N–H and O–H groups in total. The predicted molar refractivity (Wildman–Crippen MR) is 52.2 cm³/mol. The van der Waals surface area contributed by atoms with Gasteiger partial charge in [0.05, 0.1) is 0 Å². The van der Waals surface area contributed by atoms with Crippen molar-refractivity contribution < 1.29 is 9.90 Å². The van der Waals surface area contributed by atoms with Gasteiger partial charge in [-0.15, -0.1) is 0 Å². The number of carbonyl (C=O) groups excluding carboxylic acids is 1. The van der Waals surface area contributed by atoms with E-state index in [4.69, 9.17) is 10.8 Å². The van der Waals surface area contributed by atoms with E-state index >= 15 is 0 Å². The quantitative estimate of drug-likeness (QED) is 0.549. The zero-order valence-corrected chi connectivity index (χ0v) is 8.47. The van der Waals surface area contributed by atoms with E-state index in [1.54, 1.807) is 0 Å². The maximum absolute atomic E-state index is 11.2. The third kappa shape index (κ3) is 6.54. The zero-order chi connectivity index (χ0) is 10.3. The summed E-state index contributed by atoms with van der Waals surface area (Å²) in [6.07, 6.45) is 1.74. The third-order valence-corrected chi connectivity index (χ3v) is 1.82. The molecule has 0 heterocycles. The number of nitrogens with two attached hydrogens (primary N) is 1. The number of rotatable bonds is 6. The Kier molecular flexibility index (Phi) is 5.66. The molecule has 4 heteroatoms. The number of carbonyl (C=O) groups is 1. The molecule has 0 aliphatic heterocycles. The number of aliphatic hydroxyl groups excluding tert-OH is 1. The molecule has 0 radical (unpaired) electrons. The van der Waals surface area contributed by atoms with Crippen LogP contribution in [0.4, 0.5) is 0 Å². The van der Waals surface area contributed by atoms with Crippen LogP contribution in [0.5, 0.6) is 0 Å². The van der Waals surface area contributed by atoms with Gasteiger partial charge in [0.25, 0.3) is 0 Å². The molecule has 0 bridgehead atoms. The van der Waals surface area contributed by atoms with Crippen molar-refractivity contribution in [3.8, 4) is 0 Å². The fourth-order valence-corrected chi connectivity index (χ4v) is 1.04. The fourth-order valence-electron chi connectivity index (χ4n) is 1.04. The molecule has 0 atom stereocenters. The lowest BCUT2D eigenvalue weighted by atomic mass is 10.0. The molecule has 4 nitrogen and oxygen atoms in total. The predicted octanol–water partition coefficient (Wildman–Crippen LogP) is 0.00250. The summed E-state index contributed by atoms with van der Waals surface area (Å²) in [5, 5.41) is 11.6. The highest BCUT2D eigenvalue weighted by molar-refractivity contribution is 5.76. The molecule has 0 aliphatic carbocycles. The molecule has 0 rings (SSSR count). The molecule has 0 spiro atoms. The molecule has 0 aliphatic rings. The summed E-state index contributed by atoms with van der Waals surface area (Å²) in [4.78, 5) is 11.2. The fraction of sp³-hybridized carbons (Fsp3) is 0.889. The molecule has 0 aromatic rings. The highest BCUT2D eigenvalue weighted by atomic mass is 16.3. The second-order valence-electron chi connectivity index (χ2n) is 3.80. The first kappa shape index (κ1) is 12.4. The second-order valence-corrected chi connectivity index (χ2v) is 3.80. The van der Waals surface area contributed by atoms with Crippen molar-refractivity contribution in [1.29, 1.82) is 0 Å². The summed E-state index contributed by atoms with van der Waals surface area (Å²) < 4.78 is 0. The van der Waals surface area contributed by atoms with Gasteiger partial charge in [-0.05, 0) is 33.2 Å². The molecule has 1 amide bonds. The van der Waals surface area contributed by atoms with Crippen molar-refractivity contribution >= 4 is 5.91 Å². The maximum atomic E-state index is 11.2. The largest absolute Gasteiger partial charge is 0.396 e. The number of hydrogen-bond donors (Lipinski definition) is 3. The van der Waals surface area contributed by atoms with Crippen molar-refractivity contribution in [2.24, 2.45) is 5.73 Å². The van der Waals surface area contributed by atoms with Crippen molar-refractivity contribution in [1.82, 2.24) is 5.32 Å². The monoisotopic (exact) mass is 188 g/mol. The van der Waals surface area contributed by atoms with E-state index in [1.165, 1.54) is 0 Å². The Morgan fingerprint density at radius 2 is 2.15 bits per heavy atom. The molecule has 0 saturated carbocycles. The first-order chi connectivity index (χ1) is 6.02. The summed E-state index contributed by atoms with van der Waals surface area (Å²) in [5.74, 6) is 0.00361. The van der Waals surface area contributed by atoms with Crippen LogP contribution >= 0.6 is 0 Å². The molecule has 0 fully saturated rings. The minimum Gasteiger partial charge on any atom is -0.396 e. The SMILES string of the molecule is CC(C)(CCO)NC(=O)CCCN. The number of hydrogen-bond acceptors (Lipinski definition) is 3. The molecule has 13 heavy (non-hydrogen) atoms. The van der Waals surface area contributed by atoms with Gasteiger partial charge in [-0.1, -0.05) is 0 Å². The summed E-state index contributed by atoms with van der Waals surface area (Å²) in [5.41, 5.74) is 4.96. The topological polar surface area (TPSA) is 75.3 Å². The zero-order valence-electron chi connectivity index (χ0n) is 8.47. The van der Waals surface area contributed by atoms with Gasteiger partial charge in [0.1, 0.15) is 0 Å². The first-order valence-corrected chi connectivity index (χ1v) is 4.64. The van der Waals surface area contributed by atoms with Crippen molar-refractivity contribution in [2.75, 3.05) is 13.2 Å². The molecule has 0 aromatic heterocycles. The van der Waals surface area contributed by atoms with Gasteiger partial charge >= 0.3 is 0 Å². The molecule has 78 valence electrons. The average Bonchev–Trinajstić information content (AvgIpc) is 1.99. The Labute approximate surface area is 79.5 Å². The van der Waals surface area contributed by atoms with Crippen LogP contribution in [-0.4, -0.2) is 29.7 Å². The lowest BCUT2D eigenvalue weighted by Gasteiger charge is -2.25. The Morgan fingerprint density at radius 1 is 1.54 bits per heavy atom. The van der Waals surface area contributed by atoms with Crippen LogP contribution in [0.1, 0.15) is 33.1 Å². The van der Waals surface area contributed by atoms with Gasteiger partial charge in [0.2, 0.25) is 5.91 Å². The van der Waals surface area contributed by atoms with Crippen molar-refractivity contribution in [3.63, 3.8) is 0 Å². The van der Waals surface area contributed by atoms with Crippen molar-refractivity contribution in [3.05, 3.63) is 0 Å². The van der Waals surface area contributed by atoms with Gasteiger partial charge < -0.3 is 16.2 Å². The number of nitrogens with one attached hydrogen (secondary N) is 1. The van der Waals surface area contributed by atoms with Crippen LogP contribution in [0.3, 0.4) is 0 Å². The van der Waals surface area contributed by atoms with E-state index in [2.05, 4.69) is 5.32 Å². The summed E-state index contributed by atoms with van der Waals surface area (Å²) >= 11 is 0. The molecule has 0 unspecified atom stereocenters. The van der Waals surface area contributed by atoms with Gasteiger partial charge in [-0.25, -0.2) is 0 Å². The average molecular weight is 188 g/mol. The summed E-state index contributed by atoms with van der Waals surface area (Å²) in [6.45, 7) is 4.41. The summed E-state index contributed by atoms with van der Waals surface area (Å²) in [6, 6.07) is 0. The Hall–Kier alpha value is -0.610. The highest BCUT2D eigenvalue weighted by Gasteiger charge is 2.18. The van der Waals surface area contributed by atoms with Gasteiger partial charge in [-0.3, -0.25) is 4.79 Å². The van der Waals surface area contributed by atoms with Gasteiger partial charge in [0.15, 0.2) is 0 Å². The smallest absolute Gasteiger partial charge is 0.220 e. The molecule has 0 saturated heterocycles. The Morgan fingerprint density at radius 3 is 2.62 bits per heavy atom. The first-order valence-electron chi connectivity index (χ1n) is 4.64. The van der Waals surface area contributed by atoms with E-state index in [9.17, 15) is 4.79 Å². The second kappa shape index (κ2) is 5.94. The van der Waals surface area contributed by atoms with Gasteiger partial charge in [-0.2, -0.15) is 0 Å². The minimum absolute atomic E-state index is 0.00361. The number of amides is 1. The van der Waals surface area contributed by atoms with E-state index in [0.717, 1.165) is 0 Å². The lowest BCUT2D eigenvalue weighted by molar-refractivity contribution is -0.122.